The molecular weight excluding hydrogens is 317 g/mol. The Hall–Kier alpha value is -1.42. The fourth-order valence-corrected chi connectivity index (χ4v) is 1.80. The van der Waals surface area contributed by atoms with Gasteiger partial charge in [-0.05, 0) is 31.2 Å². The van der Waals surface area contributed by atoms with Gasteiger partial charge in [-0.25, -0.2) is 15.0 Å². The Bertz CT molecular complexity index is 664. The molecule has 2 aromatic rings. The van der Waals surface area contributed by atoms with Crippen molar-refractivity contribution in [2.24, 2.45) is 9.98 Å². The minimum absolute atomic E-state index is 0.0350. The molecule has 0 radical (unpaired) electrons. The van der Waals surface area contributed by atoms with Crippen LogP contribution >= 0.6 is 34.8 Å². The van der Waals surface area contributed by atoms with Crippen molar-refractivity contribution in [2.45, 2.75) is 6.92 Å². The number of halogens is 3. The average Bonchev–Trinajstić information content (AvgIpc) is 2.44. The molecule has 0 saturated carbocycles. The van der Waals surface area contributed by atoms with E-state index < -0.39 is 0 Å². The summed E-state index contributed by atoms with van der Waals surface area (Å²) in [7, 11) is 0. The van der Waals surface area contributed by atoms with Gasteiger partial charge in [0.05, 0.1) is 10.7 Å². The topological polar surface area (TPSA) is 37.6 Å². The molecule has 0 aliphatic rings. The second kappa shape index (κ2) is 6.84. The van der Waals surface area contributed by atoms with Gasteiger partial charge in [0.1, 0.15) is 0 Å². The molecule has 0 spiro atoms. The molecule has 6 heteroatoms. The van der Waals surface area contributed by atoms with Gasteiger partial charge in [0.15, 0.2) is 16.2 Å². The minimum atomic E-state index is 0.0350. The van der Waals surface area contributed by atoms with Crippen LogP contribution in [0.2, 0.25) is 5.02 Å². The van der Waals surface area contributed by atoms with E-state index >= 15 is 0 Å². The molecule has 0 atom stereocenters. The molecule has 102 valence electrons. The molecule has 2 rings (SSSR count). The highest BCUT2D eigenvalue weighted by Gasteiger charge is 2.06. The van der Waals surface area contributed by atoms with Crippen molar-refractivity contribution in [2.75, 3.05) is 0 Å². The van der Waals surface area contributed by atoms with Crippen molar-refractivity contribution in [1.82, 2.24) is 4.98 Å². The van der Waals surface area contributed by atoms with E-state index in [0.29, 0.717) is 16.5 Å². The van der Waals surface area contributed by atoms with Gasteiger partial charge in [-0.2, -0.15) is 0 Å². The van der Waals surface area contributed by atoms with Crippen LogP contribution in [0.3, 0.4) is 0 Å². The van der Waals surface area contributed by atoms with Crippen LogP contribution in [0, 0.1) is 6.92 Å². The molecule has 0 aliphatic heterocycles. The Morgan fingerprint density at radius 1 is 1.00 bits per heavy atom. The normalized spacial score (nSPS) is 12.6. The van der Waals surface area contributed by atoms with Crippen LogP contribution in [-0.4, -0.2) is 15.3 Å². The summed E-state index contributed by atoms with van der Waals surface area (Å²) in [5.74, 6) is 0.302. The Labute approximate surface area is 132 Å². The molecule has 0 bridgehead atoms. The number of nitrogens with zero attached hydrogens (tertiary/aromatic N) is 3. The summed E-state index contributed by atoms with van der Waals surface area (Å²) < 4.78 is 0. The maximum absolute atomic E-state index is 6.02. The summed E-state index contributed by atoms with van der Waals surface area (Å²) in [5.41, 5.74) is 1.83. The van der Waals surface area contributed by atoms with E-state index in [1.165, 1.54) is 0 Å². The zero-order chi connectivity index (χ0) is 14.5. The summed E-state index contributed by atoms with van der Waals surface area (Å²) in [4.78, 5) is 12.2. The number of aliphatic imine (C=N–C) groups is 2. The fraction of sp³-hybridized carbons (Fsp3) is 0.0714. The largest absolute Gasteiger partial charge is 0.236 e. The van der Waals surface area contributed by atoms with Crippen molar-refractivity contribution < 1.29 is 0 Å². The standard InChI is InChI=1S/C14H10Cl3N3/c1-9-4-6-10(7-5-9)19-12(16)13(17)20-14-11(15)3-2-8-18-14/h2-8H,1H3. The number of benzene rings is 1. The van der Waals surface area contributed by atoms with Crippen molar-refractivity contribution in [3.05, 3.63) is 53.2 Å². The first-order valence-corrected chi connectivity index (χ1v) is 6.85. The molecule has 0 unspecified atom stereocenters. The first-order valence-electron chi connectivity index (χ1n) is 5.72. The van der Waals surface area contributed by atoms with Gasteiger partial charge in [0, 0.05) is 6.20 Å². The van der Waals surface area contributed by atoms with Crippen LogP contribution in [0.4, 0.5) is 11.5 Å². The van der Waals surface area contributed by atoms with Crippen molar-refractivity contribution >= 4 is 56.6 Å². The summed E-state index contributed by atoms with van der Waals surface area (Å²) in [6, 6.07) is 10.9. The Kier molecular flexibility index (Phi) is 5.12. The zero-order valence-corrected chi connectivity index (χ0v) is 12.8. The van der Waals surface area contributed by atoms with Crippen LogP contribution in [0.1, 0.15) is 5.56 Å². The van der Waals surface area contributed by atoms with Gasteiger partial charge in [-0.1, -0.05) is 52.5 Å². The van der Waals surface area contributed by atoms with Gasteiger partial charge < -0.3 is 0 Å². The fourth-order valence-electron chi connectivity index (χ4n) is 1.38. The molecule has 1 aromatic heterocycles. The first-order chi connectivity index (χ1) is 9.56. The number of aryl methyl sites for hydroxylation is 1. The maximum atomic E-state index is 6.02. The van der Waals surface area contributed by atoms with E-state index in [9.17, 15) is 0 Å². The second-order valence-corrected chi connectivity index (χ2v) is 5.07. The monoisotopic (exact) mass is 325 g/mol. The number of rotatable bonds is 3. The molecule has 0 fully saturated rings. The van der Waals surface area contributed by atoms with E-state index in [4.69, 9.17) is 34.8 Å². The highest BCUT2D eigenvalue weighted by atomic mass is 35.5. The lowest BCUT2D eigenvalue weighted by Crippen LogP contribution is -1.98. The lowest BCUT2D eigenvalue weighted by molar-refractivity contribution is 1.28. The summed E-state index contributed by atoms with van der Waals surface area (Å²) >= 11 is 18.0. The predicted molar refractivity (Wildman–Crippen MR) is 86.3 cm³/mol. The van der Waals surface area contributed by atoms with Crippen molar-refractivity contribution in [3.8, 4) is 0 Å². The smallest absolute Gasteiger partial charge is 0.172 e. The third-order valence-corrected chi connectivity index (χ3v) is 3.29. The van der Waals surface area contributed by atoms with Crippen LogP contribution < -0.4 is 0 Å². The number of hydrogen-bond donors (Lipinski definition) is 0. The highest BCUT2D eigenvalue weighted by molar-refractivity contribution is 7.00. The first kappa shape index (κ1) is 15.0. The lowest BCUT2D eigenvalue weighted by atomic mass is 10.2. The molecule has 0 amide bonds. The van der Waals surface area contributed by atoms with Crippen LogP contribution in [0.15, 0.2) is 52.6 Å². The summed E-state index contributed by atoms with van der Waals surface area (Å²) in [5, 5.41) is 0.510. The molecule has 20 heavy (non-hydrogen) atoms. The molecule has 0 aliphatic carbocycles. The summed E-state index contributed by atoms with van der Waals surface area (Å²) in [6.07, 6.45) is 1.57. The van der Waals surface area contributed by atoms with Gasteiger partial charge in [0.25, 0.3) is 0 Å². The van der Waals surface area contributed by atoms with Crippen LogP contribution in [0.25, 0.3) is 0 Å². The van der Waals surface area contributed by atoms with E-state index in [1.54, 1.807) is 18.3 Å². The molecule has 1 heterocycles. The quantitative estimate of drug-likeness (QED) is 0.707. The van der Waals surface area contributed by atoms with Crippen molar-refractivity contribution in [1.29, 1.82) is 0 Å². The third kappa shape index (κ3) is 4.04. The van der Waals surface area contributed by atoms with Gasteiger partial charge >= 0.3 is 0 Å². The van der Waals surface area contributed by atoms with Gasteiger partial charge in [-0.3, -0.25) is 0 Å². The predicted octanol–water partition coefficient (Wildman–Crippen LogP) is 5.28. The average molecular weight is 327 g/mol. The number of pyridine rings is 1. The second-order valence-electron chi connectivity index (χ2n) is 3.95. The van der Waals surface area contributed by atoms with E-state index in [-0.39, 0.29) is 10.3 Å². The van der Waals surface area contributed by atoms with E-state index in [1.807, 2.05) is 31.2 Å². The van der Waals surface area contributed by atoms with Crippen molar-refractivity contribution in [3.63, 3.8) is 0 Å². The summed E-state index contributed by atoms with van der Waals surface area (Å²) in [6.45, 7) is 1.99. The Balaban J connectivity index is 2.26. The zero-order valence-electron chi connectivity index (χ0n) is 10.5. The van der Waals surface area contributed by atoms with Gasteiger partial charge in [-0.15, -0.1) is 0 Å². The highest BCUT2D eigenvalue weighted by Crippen LogP contribution is 2.22. The SMILES string of the molecule is Cc1ccc(N=C(Cl)C(Cl)=Nc2ncccc2Cl)cc1. The minimum Gasteiger partial charge on any atom is -0.236 e. The van der Waals surface area contributed by atoms with Crippen LogP contribution in [-0.2, 0) is 0 Å². The molecular formula is C14H10Cl3N3. The molecule has 0 saturated heterocycles. The maximum Gasteiger partial charge on any atom is 0.172 e. The Morgan fingerprint density at radius 3 is 2.30 bits per heavy atom. The Morgan fingerprint density at radius 2 is 1.65 bits per heavy atom. The number of aromatic nitrogens is 1. The number of hydrogen-bond acceptors (Lipinski definition) is 3. The van der Waals surface area contributed by atoms with E-state index in [2.05, 4.69) is 15.0 Å². The van der Waals surface area contributed by atoms with E-state index in [0.717, 1.165) is 5.56 Å². The molecule has 3 nitrogen and oxygen atoms in total. The molecule has 0 N–H and O–H groups in total. The lowest BCUT2D eigenvalue weighted by Gasteiger charge is -1.99. The van der Waals surface area contributed by atoms with Crippen LogP contribution in [0.5, 0.6) is 0 Å². The molecule has 1 aromatic carbocycles. The third-order valence-electron chi connectivity index (χ3n) is 2.37. The van der Waals surface area contributed by atoms with Gasteiger partial charge in [0.2, 0.25) is 0 Å².